The molecule has 1 rings (SSSR count). The summed E-state index contributed by atoms with van der Waals surface area (Å²) in [4.78, 5) is 0. The predicted octanol–water partition coefficient (Wildman–Crippen LogP) is 0.386. The van der Waals surface area contributed by atoms with Crippen LogP contribution >= 0.6 is 0 Å². The first-order valence-corrected chi connectivity index (χ1v) is 2.55. The first-order valence-electron chi connectivity index (χ1n) is 2.55. The molecule has 0 aromatic carbocycles. The first-order chi connectivity index (χ1) is 3.39. The molecule has 0 spiro atoms. The third-order valence-corrected chi connectivity index (χ3v) is 1.02. The van der Waals surface area contributed by atoms with Crippen LogP contribution in [0.3, 0.4) is 0 Å². The lowest BCUT2D eigenvalue weighted by Crippen LogP contribution is -2.37. The minimum Gasteiger partial charge on any atom is -0.329 e. The van der Waals surface area contributed by atoms with Gasteiger partial charge in [0.15, 0.2) is 0 Å². The molecule has 0 amide bonds. The van der Waals surface area contributed by atoms with Crippen LogP contribution in [0.4, 0.5) is 0 Å². The van der Waals surface area contributed by atoms with Crippen LogP contribution in [0.25, 0.3) is 0 Å². The van der Waals surface area contributed by atoms with Crippen LogP contribution in [0.5, 0.6) is 0 Å². The molecule has 0 aromatic rings. The Kier molecular flexibility index (Phi) is 1.32. The second kappa shape index (κ2) is 1.98. The van der Waals surface area contributed by atoms with Gasteiger partial charge in [-0.3, -0.25) is 0 Å². The fourth-order valence-corrected chi connectivity index (χ4v) is 0.580. The van der Waals surface area contributed by atoms with Gasteiger partial charge in [0.05, 0.1) is 0 Å². The zero-order valence-corrected chi connectivity index (χ0v) is 4.44. The van der Waals surface area contributed by atoms with Crippen LogP contribution < -0.4 is 10.9 Å². The molecule has 0 saturated heterocycles. The summed E-state index contributed by atoms with van der Waals surface area (Å²) in [5.41, 5.74) is 5.95. The maximum absolute atomic E-state index is 3.05. The maximum Gasteiger partial charge on any atom is 0.0267 e. The predicted molar refractivity (Wildman–Crippen MR) is 29.5 cm³/mol. The zero-order chi connectivity index (χ0) is 5.11. The van der Waals surface area contributed by atoms with Gasteiger partial charge in [-0.15, -0.1) is 0 Å². The monoisotopic (exact) mass is 98.1 g/mol. The van der Waals surface area contributed by atoms with Crippen LogP contribution in [0.1, 0.15) is 13.3 Å². The molecule has 1 aliphatic heterocycles. The SMILES string of the molecule is C[C@@H]1CC=CNN1. The second-order valence-corrected chi connectivity index (χ2v) is 1.83. The van der Waals surface area contributed by atoms with Gasteiger partial charge in [-0.25, -0.2) is 5.43 Å². The van der Waals surface area contributed by atoms with E-state index in [-0.39, 0.29) is 0 Å². The maximum atomic E-state index is 3.05. The molecular weight excluding hydrogens is 88.1 g/mol. The number of nitrogens with one attached hydrogen (secondary N) is 2. The van der Waals surface area contributed by atoms with Gasteiger partial charge in [0, 0.05) is 12.2 Å². The molecule has 0 aliphatic carbocycles. The zero-order valence-electron chi connectivity index (χ0n) is 4.44. The Balaban J connectivity index is 2.32. The lowest BCUT2D eigenvalue weighted by Gasteiger charge is -2.14. The van der Waals surface area contributed by atoms with Gasteiger partial charge in [0.25, 0.3) is 0 Å². The van der Waals surface area contributed by atoms with Crippen molar-refractivity contribution in [3.05, 3.63) is 12.3 Å². The van der Waals surface area contributed by atoms with Crippen molar-refractivity contribution in [1.82, 2.24) is 10.9 Å². The van der Waals surface area contributed by atoms with Crippen molar-refractivity contribution in [2.24, 2.45) is 0 Å². The summed E-state index contributed by atoms with van der Waals surface area (Å²) in [6, 6.07) is 0.588. The Hall–Kier alpha value is -0.500. The van der Waals surface area contributed by atoms with E-state index in [1.165, 1.54) is 0 Å². The van der Waals surface area contributed by atoms with Crippen molar-refractivity contribution in [3.8, 4) is 0 Å². The lowest BCUT2D eigenvalue weighted by molar-refractivity contribution is 0.487. The van der Waals surface area contributed by atoms with Crippen LogP contribution in [0, 0.1) is 0 Å². The molecule has 0 bridgehead atoms. The average molecular weight is 98.1 g/mol. The molecule has 1 atom stereocenters. The molecule has 40 valence electrons. The molecule has 0 radical (unpaired) electrons. The van der Waals surface area contributed by atoms with E-state index in [1.54, 1.807) is 0 Å². The second-order valence-electron chi connectivity index (χ2n) is 1.83. The highest BCUT2D eigenvalue weighted by molar-refractivity contribution is 4.86. The number of hydrazine groups is 1. The molecule has 2 heteroatoms. The van der Waals surface area contributed by atoms with E-state index in [1.807, 2.05) is 6.20 Å². The van der Waals surface area contributed by atoms with Crippen molar-refractivity contribution in [2.45, 2.75) is 19.4 Å². The fourth-order valence-electron chi connectivity index (χ4n) is 0.580. The topological polar surface area (TPSA) is 24.1 Å². The Labute approximate surface area is 43.6 Å². The van der Waals surface area contributed by atoms with E-state index >= 15 is 0 Å². The van der Waals surface area contributed by atoms with Gasteiger partial charge in [-0.2, -0.15) is 0 Å². The number of hydrogen-bond acceptors (Lipinski definition) is 2. The van der Waals surface area contributed by atoms with Crippen molar-refractivity contribution >= 4 is 0 Å². The third kappa shape index (κ3) is 1.20. The summed E-state index contributed by atoms with van der Waals surface area (Å²) >= 11 is 0. The van der Waals surface area contributed by atoms with Crippen molar-refractivity contribution < 1.29 is 0 Å². The highest BCUT2D eigenvalue weighted by Crippen LogP contribution is 1.92. The lowest BCUT2D eigenvalue weighted by atomic mass is 10.2. The van der Waals surface area contributed by atoms with Gasteiger partial charge < -0.3 is 5.43 Å². The van der Waals surface area contributed by atoms with Crippen molar-refractivity contribution in [2.75, 3.05) is 0 Å². The minimum absolute atomic E-state index is 0.588. The van der Waals surface area contributed by atoms with Gasteiger partial charge >= 0.3 is 0 Å². The molecule has 0 unspecified atom stereocenters. The van der Waals surface area contributed by atoms with E-state index in [4.69, 9.17) is 0 Å². The molecule has 0 aromatic heterocycles. The molecule has 0 fully saturated rings. The molecule has 2 nitrogen and oxygen atoms in total. The average Bonchev–Trinajstić information content (AvgIpc) is 1.69. The van der Waals surface area contributed by atoms with Gasteiger partial charge in [-0.1, -0.05) is 6.08 Å². The smallest absolute Gasteiger partial charge is 0.0267 e. The summed E-state index contributed by atoms with van der Waals surface area (Å²) in [6.45, 7) is 2.14. The molecule has 1 heterocycles. The third-order valence-electron chi connectivity index (χ3n) is 1.02. The molecule has 0 saturated carbocycles. The minimum atomic E-state index is 0.588. The molecule has 7 heavy (non-hydrogen) atoms. The standard InChI is InChI=1S/C5H10N2/c1-5-3-2-4-6-7-5/h2,4-7H,3H2,1H3/t5-/m1/s1. The van der Waals surface area contributed by atoms with Crippen molar-refractivity contribution in [1.29, 1.82) is 0 Å². The highest BCUT2D eigenvalue weighted by Gasteiger charge is 1.97. The highest BCUT2D eigenvalue weighted by atomic mass is 15.4. The van der Waals surface area contributed by atoms with E-state index in [9.17, 15) is 0 Å². The summed E-state index contributed by atoms with van der Waals surface area (Å²) in [5.74, 6) is 0. The quantitative estimate of drug-likeness (QED) is 0.458. The molecule has 2 N–H and O–H groups in total. The fraction of sp³-hybridized carbons (Fsp3) is 0.600. The van der Waals surface area contributed by atoms with Gasteiger partial charge in [-0.05, 0) is 13.3 Å². The summed E-state index contributed by atoms with van der Waals surface area (Å²) in [6.07, 6.45) is 5.16. The van der Waals surface area contributed by atoms with Crippen LogP contribution in [0.2, 0.25) is 0 Å². The van der Waals surface area contributed by atoms with Crippen LogP contribution in [-0.4, -0.2) is 6.04 Å². The van der Waals surface area contributed by atoms with Crippen LogP contribution in [-0.2, 0) is 0 Å². The largest absolute Gasteiger partial charge is 0.329 e. The number of hydrogen-bond donors (Lipinski definition) is 2. The summed E-state index contributed by atoms with van der Waals surface area (Å²) in [7, 11) is 0. The first kappa shape index (κ1) is 4.65. The molecular formula is C5H10N2. The Morgan fingerprint density at radius 3 is 2.86 bits per heavy atom. The van der Waals surface area contributed by atoms with E-state index in [0.29, 0.717) is 6.04 Å². The van der Waals surface area contributed by atoms with E-state index in [2.05, 4.69) is 23.9 Å². The molecule has 1 aliphatic rings. The summed E-state index contributed by atoms with van der Waals surface area (Å²) in [5, 5.41) is 0. The van der Waals surface area contributed by atoms with Crippen LogP contribution in [0.15, 0.2) is 12.3 Å². The Morgan fingerprint density at radius 2 is 2.57 bits per heavy atom. The number of rotatable bonds is 0. The van der Waals surface area contributed by atoms with E-state index < -0.39 is 0 Å². The van der Waals surface area contributed by atoms with Gasteiger partial charge in [0.2, 0.25) is 0 Å². The van der Waals surface area contributed by atoms with E-state index in [0.717, 1.165) is 6.42 Å². The normalized spacial score (nSPS) is 29.6. The Morgan fingerprint density at radius 1 is 1.71 bits per heavy atom. The van der Waals surface area contributed by atoms with Crippen molar-refractivity contribution in [3.63, 3.8) is 0 Å². The summed E-state index contributed by atoms with van der Waals surface area (Å²) < 4.78 is 0. The van der Waals surface area contributed by atoms with Gasteiger partial charge in [0.1, 0.15) is 0 Å². The Bertz CT molecular complexity index is 78.1.